The zero-order valence-electron chi connectivity index (χ0n) is 17.0. The Bertz CT molecular complexity index is 780. The first-order valence-electron chi connectivity index (χ1n) is 8.73. The van der Waals surface area contributed by atoms with Crippen LogP contribution in [0.5, 0.6) is 23.0 Å². The molecule has 0 atom stereocenters. The highest BCUT2D eigenvalue weighted by Gasteiger charge is 2.13. The normalized spacial score (nSPS) is 10.6. The molecule has 9 heteroatoms. The van der Waals surface area contributed by atoms with Crippen molar-refractivity contribution in [2.24, 2.45) is 4.99 Å². The molecule has 2 aromatic carbocycles. The van der Waals surface area contributed by atoms with E-state index < -0.39 is 0 Å². The van der Waals surface area contributed by atoms with Gasteiger partial charge in [0.15, 0.2) is 17.5 Å². The lowest BCUT2D eigenvalue weighted by Crippen LogP contribution is -2.38. The van der Waals surface area contributed by atoms with Gasteiger partial charge in [0.05, 0.1) is 27.9 Å². The number of rotatable bonds is 9. The second-order valence-corrected chi connectivity index (χ2v) is 5.69. The Morgan fingerprint density at radius 1 is 1.00 bits per heavy atom. The average molecular weight is 519 g/mol. The van der Waals surface area contributed by atoms with Crippen molar-refractivity contribution in [3.05, 3.63) is 47.8 Å². The monoisotopic (exact) mass is 519 g/mol. The fourth-order valence-electron chi connectivity index (χ4n) is 2.54. The molecule has 0 aromatic heterocycles. The maximum absolute atomic E-state index is 13.1. The van der Waals surface area contributed by atoms with E-state index >= 15 is 0 Å². The van der Waals surface area contributed by atoms with Crippen molar-refractivity contribution in [2.75, 3.05) is 41.5 Å². The number of methoxy groups -OCH3 is 3. The summed E-state index contributed by atoms with van der Waals surface area (Å²) in [6, 6.07) is 9.78. The van der Waals surface area contributed by atoms with E-state index in [2.05, 4.69) is 15.6 Å². The van der Waals surface area contributed by atoms with Gasteiger partial charge in [0, 0.05) is 19.7 Å². The minimum Gasteiger partial charge on any atom is -0.493 e. The Morgan fingerprint density at radius 2 is 1.69 bits per heavy atom. The van der Waals surface area contributed by atoms with E-state index in [-0.39, 0.29) is 29.8 Å². The molecule has 0 heterocycles. The van der Waals surface area contributed by atoms with Crippen LogP contribution in [-0.4, -0.2) is 47.5 Å². The highest BCUT2D eigenvalue weighted by atomic mass is 127. The second kappa shape index (κ2) is 12.9. The van der Waals surface area contributed by atoms with Gasteiger partial charge in [-0.15, -0.1) is 24.0 Å². The number of benzene rings is 2. The highest BCUT2D eigenvalue weighted by Crippen LogP contribution is 2.38. The van der Waals surface area contributed by atoms with Crippen LogP contribution in [0.4, 0.5) is 4.39 Å². The number of nitrogens with one attached hydrogen (secondary N) is 2. The molecule has 0 saturated carbocycles. The molecule has 0 radical (unpaired) electrons. The zero-order valence-corrected chi connectivity index (χ0v) is 19.3. The van der Waals surface area contributed by atoms with Crippen LogP contribution in [-0.2, 0) is 6.54 Å². The van der Waals surface area contributed by atoms with Gasteiger partial charge in [0.2, 0.25) is 5.75 Å². The standard InChI is InChI=1S/C20H26FN3O4.HI/c1-22-20(23-8-9-28-16-7-5-6-15(21)12-16)24-13-14-10-17(25-2)19(27-4)18(11-14)26-3;/h5-7,10-12H,8-9,13H2,1-4H3,(H2,22,23,24);1H. The molecule has 0 bridgehead atoms. The number of hydrogen-bond donors (Lipinski definition) is 2. The number of halogens is 2. The van der Waals surface area contributed by atoms with Crippen LogP contribution in [0.3, 0.4) is 0 Å². The predicted molar refractivity (Wildman–Crippen MR) is 122 cm³/mol. The first-order chi connectivity index (χ1) is 13.6. The summed E-state index contributed by atoms with van der Waals surface area (Å²) in [5, 5.41) is 6.34. The lowest BCUT2D eigenvalue weighted by molar-refractivity contribution is 0.320. The van der Waals surface area contributed by atoms with Crippen molar-refractivity contribution < 1.29 is 23.3 Å². The van der Waals surface area contributed by atoms with Crippen LogP contribution in [0, 0.1) is 5.82 Å². The molecule has 2 aromatic rings. The molecule has 2 rings (SSSR count). The topological polar surface area (TPSA) is 73.3 Å². The molecule has 7 nitrogen and oxygen atoms in total. The lowest BCUT2D eigenvalue weighted by atomic mass is 10.2. The fourth-order valence-corrected chi connectivity index (χ4v) is 2.54. The summed E-state index contributed by atoms with van der Waals surface area (Å²) < 4.78 is 34.7. The maximum Gasteiger partial charge on any atom is 0.203 e. The number of guanidine groups is 1. The molecular weight excluding hydrogens is 492 g/mol. The van der Waals surface area contributed by atoms with Gasteiger partial charge >= 0.3 is 0 Å². The summed E-state index contributed by atoms with van der Waals surface area (Å²) in [5.74, 6) is 2.49. The van der Waals surface area contributed by atoms with Crippen LogP contribution in [0.1, 0.15) is 5.56 Å². The summed E-state index contributed by atoms with van der Waals surface area (Å²) in [7, 11) is 6.40. The number of aliphatic imine (C=N–C) groups is 1. The van der Waals surface area contributed by atoms with Gasteiger partial charge in [-0.1, -0.05) is 6.07 Å². The van der Waals surface area contributed by atoms with Crippen molar-refractivity contribution in [3.63, 3.8) is 0 Å². The van der Waals surface area contributed by atoms with E-state index in [0.717, 1.165) is 5.56 Å². The Kier molecular flexibility index (Phi) is 11.0. The molecule has 0 unspecified atom stereocenters. The fraction of sp³-hybridized carbons (Fsp3) is 0.350. The molecular formula is C20H27FIN3O4. The molecule has 160 valence electrons. The first kappa shape index (κ1) is 24.6. The van der Waals surface area contributed by atoms with Crippen LogP contribution in [0.2, 0.25) is 0 Å². The summed E-state index contributed by atoms with van der Waals surface area (Å²) >= 11 is 0. The minimum absolute atomic E-state index is 0. The van der Waals surface area contributed by atoms with Crippen molar-refractivity contribution >= 4 is 29.9 Å². The van der Waals surface area contributed by atoms with Crippen LogP contribution < -0.4 is 29.6 Å². The summed E-state index contributed by atoms with van der Waals surface area (Å²) in [6.07, 6.45) is 0. The van der Waals surface area contributed by atoms with Crippen LogP contribution >= 0.6 is 24.0 Å². The van der Waals surface area contributed by atoms with E-state index in [1.165, 1.54) is 12.1 Å². The molecule has 0 aliphatic heterocycles. The van der Waals surface area contributed by atoms with E-state index in [9.17, 15) is 4.39 Å². The first-order valence-corrected chi connectivity index (χ1v) is 8.73. The number of ether oxygens (including phenoxy) is 4. The predicted octanol–water partition coefficient (Wildman–Crippen LogP) is 3.21. The summed E-state index contributed by atoms with van der Waals surface area (Å²) in [4.78, 5) is 4.17. The van der Waals surface area contributed by atoms with Gasteiger partial charge in [-0.3, -0.25) is 4.99 Å². The highest BCUT2D eigenvalue weighted by molar-refractivity contribution is 14.0. The van der Waals surface area contributed by atoms with Crippen LogP contribution in [0.15, 0.2) is 41.4 Å². The third-order valence-corrected chi connectivity index (χ3v) is 3.87. The Balaban J connectivity index is 0.00000420. The van der Waals surface area contributed by atoms with Crippen molar-refractivity contribution in [1.29, 1.82) is 0 Å². The van der Waals surface area contributed by atoms with Gasteiger partial charge in [0.25, 0.3) is 0 Å². The van der Waals surface area contributed by atoms with E-state index in [0.29, 0.717) is 48.7 Å². The van der Waals surface area contributed by atoms with Crippen molar-refractivity contribution in [3.8, 4) is 23.0 Å². The smallest absolute Gasteiger partial charge is 0.203 e. The van der Waals surface area contributed by atoms with Gasteiger partial charge < -0.3 is 29.6 Å². The van der Waals surface area contributed by atoms with Gasteiger partial charge in [-0.25, -0.2) is 4.39 Å². The quantitative estimate of drug-likeness (QED) is 0.230. The second-order valence-electron chi connectivity index (χ2n) is 5.69. The Hall–Kier alpha value is -2.43. The molecule has 0 saturated heterocycles. The van der Waals surface area contributed by atoms with E-state index in [4.69, 9.17) is 18.9 Å². The largest absolute Gasteiger partial charge is 0.493 e. The minimum atomic E-state index is -0.326. The molecule has 0 spiro atoms. The molecule has 29 heavy (non-hydrogen) atoms. The Morgan fingerprint density at radius 3 is 2.24 bits per heavy atom. The summed E-state index contributed by atoms with van der Waals surface area (Å²) in [5.41, 5.74) is 0.938. The van der Waals surface area contributed by atoms with Gasteiger partial charge in [-0.2, -0.15) is 0 Å². The number of nitrogens with zero attached hydrogens (tertiary/aromatic N) is 1. The molecule has 2 N–H and O–H groups in total. The lowest BCUT2D eigenvalue weighted by Gasteiger charge is -2.16. The van der Waals surface area contributed by atoms with Gasteiger partial charge in [0.1, 0.15) is 18.2 Å². The molecule has 0 fully saturated rings. The maximum atomic E-state index is 13.1. The van der Waals surface area contributed by atoms with E-state index in [1.54, 1.807) is 40.5 Å². The molecule has 0 amide bonds. The summed E-state index contributed by atoms with van der Waals surface area (Å²) in [6.45, 7) is 1.38. The van der Waals surface area contributed by atoms with Crippen molar-refractivity contribution in [1.82, 2.24) is 10.6 Å². The number of hydrogen-bond acceptors (Lipinski definition) is 5. The molecule has 0 aliphatic rings. The van der Waals surface area contributed by atoms with E-state index in [1.807, 2.05) is 12.1 Å². The Labute approximate surface area is 187 Å². The SMILES string of the molecule is CN=C(NCCOc1cccc(F)c1)NCc1cc(OC)c(OC)c(OC)c1.I. The van der Waals surface area contributed by atoms with Crippen LogP contribution in [0.25, 0.3) is 0 Å². The van der Waals surface area contributed by atoms with Crippen molar-refractivity contribution in [2.45, 2.75) is 6.54 Å². The third-order valence-electron chi connectivity index (χ3n) is 3.87. The zero-order chi connectivity index (χ0) is 20.4. The third kappa shape index (κ3) is 7.48. The van der Waals surface area contributed by atoms with Gasteiger partial charge in [-0.05, 0) is 29.8 Å². The average Bonchev–Trinajstić information content (AvgIpc) is 2.72. The molecule has 0 aliphatic carbocycles.